The molecule has 0 saturated carbocycles. The van der Waals surface area contributed by atoms with Crippen molar-refractivity contribution in [3.63, 3.8) is 0 Å². The molecule has 11 heteroatoms. The Morgan fingerprint density at radius 1 is 0.523 bits per heavy atom. The Bertz CT molecular complexity index is 1650. The van der Waals surface area contributed by atoms with Crippen LogP contribution in [0.3, 0.4) is 0 Å². The molecule has 0 atom stereocenters. The molecule has 0 spiro atoms. The van der Waals surface area contributed by atoms with Crippen molar-refractivity contribution in [2.24, 2.45) is 0 Å². The predicted octanol–water partition coefficient (Wildman–Crippen LogP) is 10.7. The van der Waals surface area contributed by atoms with Crippen LogP contribution in [-0.4, -0.2) is 44.3 Å². The average Bonchev–Trinajstić information content (AvgIpc) is 3.03. The minimum atomic E-state index is -1.36. The molecule has 0 heterocycles. The normalized spacial score (nSPS) is 10.0. The van der Waals surface area contributed by atoms with Gasteiger partial charge in [0.2, 0.25) is 0 Å². The molecular weight excluding hydrogens is 777 g/mol. The standard InChI is InChI=1S/C20H17ClS2.C7H9BO2S.C6H3Br2Cl.B/c1-22-19-9-5-3-7-16(19)15-12-11-14(21)13-18(15)17-8-4-6-10-20(17)23-2;1-11-7-5-3-2-4-6(7)8(9)10;7-5-2-1-4(9)3-6(5)8;/h3-13H,1-2H3;2-5,9-10H,1H3;1-3H;/q;;;-1. The van der Waals surface area contributed by atoms with Crippen molar-refractivity contribution in [3.05, 3.63) is 128 Å². The molecule has 0 bridgehead atoms. The Kier molecular flexibility index (Phi) is 17.8. The van der Waals surface area contributed by atoms with Gasteiger partial charge < -0.3 is 18.5 Å². The van der Waals surface area contributed by atoms with Crippen molar-refractivity contribution in [2.75, 3.05) is 18.8 Å². The zero-order valence-electron chi connectivity index (χ0n) is 24.2. The molecule has 0 aliphatic heterocycles. The van der Waals surface area contributed by atoms with Crippen molar-refractivity contribution in [3.8, 4) is 22.3 Å². The molecule has 5 aromatic carbocycles. The molecule has 0 aromatic heterocycles. The number of rotatable bonds is 6. The van der Waals surface area contributed by atoms with Crippen LogP contribution in [0.2, 0.25) is 10.0 Å². The molecule has 5 rings (SSSR count). The third kappa shape index (κ3) is 11.2. The van der Waals surface area contributed by atoms with Crippen LogP contribution in [0.25, 0.3) is 22.3 Å². The highest BCUT2D eigenvalue weighted by Gasteiger charge is 2.15. The zero-order valence-corrected chi connectivity index (χ0v) is 31.3. The number of hydrogen-bond donors (Lipinski definition) is 2. The summed E-state index contributed by atoms with van der Waals surface area (Å²) >= 11 is 23.7. The summed E-state index contributed by atoms with van der Waals surface area (Å²) in [7, 11) is -1.36. The minimum absolute atomic E-state index is 0. The van der Waals surface area contributed by atoms with Crippen LogP contribution in [0.4, 0.5) is 0 Å². The highest BCUT2D eigenvalue weighted by Crippen LogP contribution is 2.41. The fourth-order valence-electron chi connectivity index (χ4n) is 4.06. The van der Waals surface area contributed by atoms with Crippen LogP contribution in [0, 0.1) is 0 Å². The number of benzene rings is 5. The van der Waals surface area contributed by atoms with E-state index in [0.29, 0.717) is 5.46 Å². The Hall–Kier alpha value is -1.26. The number of thioether (sulfide) groups is 3. The summed E-state index contributed by atoms with van der Waals surface area (Å²) in [5.41, 5.74) is 5.46. The monoisotopic (exact) mass is 803 g/mol. The maximum Gasteiger partial charge on any atom is 0.489 e. The van der Waals surface area contributed by atoms with Crippen molar-refractivity contribution in [1.29, 1.82) is 0 Å². The molecule has 0 aliphatic carbocycles. The minimum Gasteiger partial charge on any atom is -1.00 e. The summed E-state index contributed by atoms with van der Waals surface area (Å²) in [5.74, 6) is 0. The molecule has 0 unspecified atom stereocenters. The third-order valence-corrected chi connectivity index (χ3v) is 10.8. The SMILES string of the molecule is CSc1ccccc1-c1ccc(Cl)cc1-c1ccccc1SC.CSc1ccccc1B(O)O.Clc1ccc(Br)c(Br)c1.[B-]. The van der Waals surface area contributed by atoms with Crippen LogP contribution in [0.1, 0.15) is 0 Å². The predicted molar refractivity (Wildman–Crippen MR) is 207 cm³/mol. The molecule has 226 valence electrons. The van der Waals surface area contributed by atoms with E-state index < -0.39 is 7.12 Å². The molecule has 2 N–H and O–H groups in total. The van der Waals surface area contributed by atoms with Gasteiger partial charge >= 0.3 is 7.12 Å². The van der Waals surface area contributed by atoms with Gasteiger partial charge in [0.1, 0.15) is 0 Å². The van der Waals surface area contributed by atoms with Gasteiger partial charge in [-0.15, -0.1) is 35.3 Å². The summed E-state index contributed by atoms with van der Waals surface area (Å²) in [6.45, 7) is 0. The summed E-state index contributed by atoms with van der Waals surface area (Å²) < 4.78 is 2.00. The van der Waals surface area contributed by atoms with Crippen LogP contribution < -0.4 is 5.46 Å². The van der Waals surface area contributed by atoms with Crippen molar-refractivity contribution >= 4 is 111 Å². The average molecular weight is 806 g/mol. The Morgan fingerprint density at radius 3 is 1.45 bits per heavy atom. The van der Waals surface area contributed by atoms with E-state index in [1.165, 1.54) is 43.8 Å². The van der Waals surface area contributed by atoms with Gasteiger partial charge in [0.15, 0.2) is 0 Å². The first-order chi connectivity index (χ1) is 20.7. The second-order valence-electron chi connectivity index (χ2n) is 8.76. The summed E-state index contributed by atoms with van der Waals surface area (Å²) in [6, 6.07) is 36.0. The second kappa shape index (κ2) is 20.1. The van der Waals surface area contributed by atoms with Crippen LogP contribution in [0.15, 0.2) is 133 Å². The van der Waals surface area contributed by atoms with Gasteiger partial charge in [0.05, 0.1) is 0 Å². The van der Waals surface area contributed by atoms with Crippen LogP contribution in [0.5, 0.6) is 0 Å². The molecule has 5 aromatic rings. The van der Waals surface area contributed by atoms with Crippen molar-refractivity contribution in [1.82, 2.24) is 0 Å². The second-order valence-corrected chi connectivity index (χ2v) is 13.9. The number of hydrogen-bond acceptors (Lipinski definition) is 5. The van der Waals surface area contributed by atoms with Crippen molar-refractivity contribution in [2.45, 2.75) is 14.7 Å². The van der Waals surface area contributed by atoms with E-state index in [0.717, 1.165) is 23.9 Å². The highest BCUT2D eigenvalue weighted by molar-refractivity contribution is 9.13. The molecule has 0 saturated heterocycles. The summed E-state index contributed by atoms with van der Waals surface area (Å²) in [4.78, 5) is 3.44. The molecule has 0 amide bonds. The van der Waals surface area contributed by atoms with E-state index >= 15 is 0 Å². The van der Waals surface area contributed by atoms with Crippen molar-refractivity contribution < 1.29 is 10.0 Å². The van der Waals surface area contributed by atoms with Crippen LogP contribution >= 0.6 is 90.3 Å². The smallest absolute Gasteiger partial charge is 0.489 e. The fraction of sp³-hybridized carbons (Fsp3) is 0.0909. The summed E-state index contributed by atoms with van der Waals surface area (Å²) in [5, 5.41) is 19.3. The highest BCUT2D eigenvalue weighted by atomic mass is 79.9. The van der Waals surface area contributed by atoms with E-state index in [1.54, 1.807) is 35.7 Å². The summed E-state index contributed by atoms with van der Waals surface area (Å²) in [6.07, 6.45) is 6.13. The number of halogens is 4. The van der Waals surface area contributed by atoms with E-state index in [9.17, 15) is 0 Å². The Labute approximate surface area is 302 Å². The lowest BCUT2D eigenvalue weighted by atomic mass is 9.80. The lowest BCUT2D eigenvalue weighted by Crippen LogP contribution is -2.31. The lowest BCUT2D eigenvalue weighted by Gasteiger charge is -2.15. The van der Waals surface area contributed by atoms with Gasteiger partial charge in [-0.25, -0.2) is 0 Å². The maximum absolute atomic E-state index is 8.88. The molecule has 4 radical (unpaired) electrons. The first kappa shape index (κ1) is 38.9. The molecule has 0 aliphatic rings. The van der Waals surface area contributed by atoms with E-state index in [-0.39, 0.29) is 8.41 Å². The van der Waals surface area contributed by atoms with Crippen LogP contribution in [-0.2, 0) is 0 Å². The molecule has 0 fully saturated rings. The first-order valence-electron chi connectivity index (χ1n) is 12.9. The lowest BCUT2D eigenvalue weighted by molar-refractivity contribution is 0.425. The fourth-order valence-corrected chi connectivity index (χ4v) is 7.01. The van der Waals surface area contributed by atoms with Gasteiger partial charge in [-0.1, -0.05) is 83.9 Å². The molecule has 2 nitrogen and oxygen atoms in total. The zero-order chi connectivity index (χ0) is 31.4. The topological polar surface area (TPSA) is 40.5 Å². The van der Waals surface area contributed by atoms with Gasteiger partial charge in [0.25, 0.3) is 0 Å². The van der Waals surface area contributed by atoms with Gasteiger partial charge in [-0.05, 0) is 127 Å². The maximum atomic E-state index is 8.88. The third-order valence-electron chi connectivity index (χ3n) is 6.07. The molecular formula is C33H29B2Br2Cl2O2S3-. The Morgan fingerprint density at radius 2 is 0.977 bits per heavy atom. The van der Waals surface area contributed by atoms with Gasteiger partial charge in [-0.2, -0.15) is 0 Å². The largest absolute Gasteiger partial charge is 1.00 e. The van der Waals surface area contributed by atoms with E-state index in [4.69, 9.17) is 33.2 Å². The Balaban J connectivity index is 0.000000267. The quantitative estimate of drug-likeness (QED) is 0.102. The van der Waals surface area contributed by atoms with Gasteiger partial charge in [0, 0.05) is 33.7 Å². The van der Waals surface area contributed by atoms with Gasteiger partial charge in [-0.3, -0.25) is 0 Å². The molecule has 44 heavy (non-hydrogen) atoms. The first-order valence-corrected chi connectivity index (χ1v) is 18.9. The van der Waals surface area contributed by atoms with E-state index in [2.05, 4.69) is 105 Å². The van der Waals surface area contributed by atoms with E-state index in [1.807, 2.05) is 42.7 Å².